The first kappa shape index (κ1) is 50.3. The van der Waals surface area contributed by atoms with Gasteiger partial charge in [0.15, 0.2) is 5.41 Å². The summed E-state index contributed by atoms with van der Waals surface area (Å²) in [6.07, 6.45) is -8.38. The van der Waals surface area contributed by atoms with Crippen LogP contribution in [0.25, 0.3) is 0 Å². The van der Waals surface area contributed by atoms with E-state index in [9.17, 15) is 36.3 Å². The Hall–Kier alpha value is -5.36. The van der Waals surface area contributed by atoms with Crippen molar-refractivity contribution in [1.29, 1.82) is 0 Å². The molecule has 0 spiro atoms. The number of alkyl carbamates (subject to hydrolysis) is 1. The van der Waals surface area contributed by atoms with Crippen molar-refractivity contribution in [1.82, 2.24) is 5.32 Å². The smallest absolute Gasteiger partial charge is 0.497 e. The third-order valence-electron chi connectivity index (χ3n) is 10.4. The zero-order chi connectivity index (χ0) is 46.3. The molecule has 0 bridgehead atoms. The molecule has 1 amide bonds. The van der Waals surface area contributed by atoms with Crippen LogP contribution >= 0.6 is 0 Å². The van der Waals surface area contributed by atoms with Crippen molar-refractivity contribution in [2.45, 2.75) is 83.4 Å². The molecular weight excluding hydrogens is 850 g/mol. The maximum atomic E-state index is 14.6. The number of halogens is 5. The van der Waals surface area contributed by atoms with Gasteiger partial charge in [-0.05, 0) is 111 Å². The van der Waals surface area contributed by atoms with Gasteiger partial charge in [0.1, 0.15) is 17.2 Å². The molecule has 4 aromatic rings. The Kier molecular flexibility index (Phi) is 18.2. The minimum absolute atomic E-state index is 0.0957. The summed E-state index contributed by atoms with van der Waals surface area (Å²) in [5.41, 5.74) is -4.37. The number of methoxy groups -OCH3 is 1. The van der Waals surface area contributed by atoms with E-state index >= 15 is 0 Å². The number of alkyl halides is 5. The molecule has 17 heteroatoms. The van der Waals surface area contributed by atoms with Crippen molar-refractivity contribution < 1.29 is 68.6 Å². The minimum atomic E-state index is -5.41. The molecule has 0 saturated carbocycles. The van der Waals surface area contributed by atoms with Gasteiger partial charge in [0.25, 0.3) is 6.43 Å². The van der Waals surface area contributed by atoms with Crippen LogP contribution in [-0.4, -0.2) is 79.5 Å². The molecule has 0 heterocycles. The lowest BCUT2D eigenvalue weighted by Gasteiger charge is -2.36. The Bertz CT molecular complexity index is 2050. The van der Waals surface area contributed by atoms with Gasteiger partial charge in [-0.1, -0.05) is 55.5 Å². The highest BCUT2D eigenvalue weighted by Crippen LogP contribution is 2.51. The fourth-order valence-corrected chi connectivity index (χ4v) is 9.91. The van der Waals surface area contributed by atoms with Crippen LogP contribution in [0.3, 0.4) is 0 Å². The molecule has 4 aromatic carbocycles. The molecule has 2 unspecified atom stereocenters. The van der Waals surface area contributed by atoms with Crippen LogP contribution in [-0.2, 0) is 33.6 Å². The van der Waals surface area contributed by atoms with E-state index in [2.05, 4.69) is 5.32 Å². The van der Waals surface area contributed by atoms with Gasteiger partial charge in [-0.15, -0.1) is 0 Å². The van der Waals surface area contributed by atoms with Crippen LogP contribution in [0.1, 0.15) is 86.5 Å². The number of amides is 1. The quantitative estimate of drug-likeness (QED) is 0.0253. The Labute approximate surface area is 365 Å². The average Bonchev–Trinajstić information content (AvgIpc) is 3.24. The molecule has 0 saturated heterocycles. The minimum Gasteiger partial charge on any atom is -0.497 e. The number of hydrogen-bond acceptors (Lipinski definition) is 10. The SMILES string of the molecule is CCO[Si](CCCNC(=O)OCCCC(C)(c1ccc(OC(C)=O)cc1)c1ccc(OC(=O)c2ccc(C(c3ccc(OC)cc3)(C(F)F)C(F)(F)F)cc2)cc1)(OCC)OCC. The highest BCUT2D eigenvalue weighted by atomic mass is 28.4. The second-order valence-corrected chi connectivity index (χ2v) is 17.3. The first-order valence-electron chi connectivity index (χ1n) is 20.5. The van der Waals surface area contributed by atoms with E-state index in [1.54, 1.807) is 36.4 Å². The first-order valence-corrected chi connectivity index (χ1v) is 22.5. The Morgan fingerprint density at radius 2 is 1.13 bits per heavy atom. The second kappa shape index (κ2) is 22.8. The van der Waals surface area contributed by atoms with E-state index in [4.69, 9.17) is 32.2 Å². The third kappa shape index (κ3) is 12.6. The molecule has 11 nitrogen and oxygen atoms in total. The van der Waals surface area contributed by atoms with E-state index in [1.807, 2.05) is 39.8 Å². The zero-order valence-corrected chi connectivity index (χ0v) is 37.2. The molecule has 1 N–H and O–H groups in total. The van der Waals surface area contributed by atoms with Crippen LogP contribution < -0.4 is 19.5 Å². The van der Waals surface area contributed by atoms with Gasteiger partial charge in [-0.2, -0.15) is 13.2 Å². The van der Waals surface area contributed by atoms with E-state index in [-0.39, 0.29) is 23.7 Å². The number of esters is 2. The van der Waals surface area contributed by atoms with Gasteiger partial charge < -0.3 is 37.5 Å². The average molecular weight is 904 g/mol. The van der Waals surface area contributed by atoms with Crippen LogP contribution in [0.15, 0.2) is 97.1 Å². The van der Waals surface area contributed by atoms with Crippen molar-refractivity contribution in [2.75, 3.05) is 40.1 Å². The lowest BCUT2D eigenvalue weighted by molar-refractivity contribution is -0.211. The third-order valence-corrected chi connectivity index (χ3v) is 13.6. The van der Waals surface area contributed by atoms with Crippen molar-refractivity contribution in [3.63, 3.8) is 0 Å². The van der Waals surface area contributed by atoms with Crippen LogP contribution in [0.2, 0.25) is 6.04 Å². The largest absolute Gasteiger partial charge is 0.500 e. The molecule has 2 atom stereocenters. The number of nitrogens with one attached hydrogen (secondary N) is 1. The van der Waals surface area contributed by atoms with Gasteiger partial charge in [-0.3, -0.25) is 4.79 Å². The Morgan fingerprint density at radius 1 is 0.667 bits per heavy atom. The van der Waals surface area contributed by atoms with Gasteiger partial charge >= 0.3 is 33.0 Å². The summed E-state index contributed by atoms with van der Waals surface area (Å²) in [5.74, 6) is -0.743. The van der Waals surface area contributed by atoms with Crippen LogP contribution in [0.4, 0.5) is 26.7 Å². The molecule has 0 fully saturated rings. The normalized spacial score (nSPS) is 13.7. The van der Waals surface area contributed by atoms with Gasteiger partial charge in [0.2, 0.25) is 0 Å². The summed E-state index contributed by atoms with van der Waals surface area (Å²) in [6, 6.07) is 22.0. The number of carbonyl (C=O) groups excluding carboxylic acids is 3. The summed E-state index contributed by atoms with van der Waals surface area (Å²) in [6.45, 7) is 10.7. The standard InChI is InChI=1S/C46H54F5NO10Si/c1-7-58-63(59-8-2,60-9-3)31-11-29-52-43(55)57-30-10-28-44(5,34-16-24-39(25-17-34)61-32(4)53)35-18-26-40(27-19-35)62-41(54)33-12-14-36(15-13-33)45(42(47)48,46(49,50)51)37-20-22-38(56-6)23-21-37/h12-27,42H,7-11,28-31H2,1-6H3,(H,52,55). The highest BCUT2D eigenvalue weighted by molar-refractivity contribution is 6.60. The molecule has 0 aromatic heterocycles. The topological polar surface area (TPSA) is 128 Å². The van der Waals surface area contributed by atoms with Crippen molar-refractivity contribution in [3.8, 4) is 17.2 Å². The number of hydrogen-bond donors (Lipinski definition) is 1. The van der Waals surface area contributed by atoms with Crippen molar-refractivity contribution in [3.05, 3.63) is 125 Å². The molecule has 0 aliphatic rings. The molecule has 63 heavy (non-hydrogen) atoms. The van der Waals surface area contributed by atoms with Crippen LogP contribution in [0, 0.1) is 0 Å². The lowest BCUT2D eigenvalue weighted by atomic mass is 9.73. The van der Waals surface area contributed by atoms with Gasteiger partial charge in [0, 0.05) is 44.7 Å². The van der Waals surface area contributed by atoms with Gasteiger partial charge in [0.05, 0.1) is 19.3 Å². The fraction of sp³-hybridized carbons (Fsp3) is 0.413. The summed E-state index contributed by atoms with van der Waals surface area (Å²) >= 11 is 0. The number of carbonyl (C=O) groups is 3. The summed E-state index contributed by atoms with van der Waals surface area (Å²) < 4.78 is 112. The van der Waals surface area contributed by atoms with E-state index in [0.29, 0.717) is 57.4 Å². The lowest BCUT2D eigenvalue weighted by Crippen LogP contribution is -2.49. The number of rotatable bonds is 23. The molecule has 4 rings (SSSR count). The molecule has 342 valence electrons. The monoisotopic (exact) mass is 903 g/mol. The number of benzene rings is 4. The maximum absolute atomic E-state index is 14.6. The predicted octanol–water partition coefficient (Wildman–Crippen LogP) is 10.2. The predicted molar refractivity (Wildman–Crippen MR) is 227 cm³/mol. The maximum Gasteiger partial charge on any atom is 0.500 e. The van der Waals surface area contributed by atoms with E-state index < -0.39 is 61.4 Å². The van der Waals surface area contributed by atoms with Gasteiger partial charge in [-0.25, -0.2) is 18.4 Å². The van der Waals surface area contributed by atoms with E-state index in [0.717, 1.165) is 47.5 Å². The van der Waals surface area contributed by atoms with E-state index in [1.165, 1.54) is 26.2 Å². The molecule has 0 aliphatic carbocycles. The summed E-state index contributed by atoms with van der Waals surface area (Å²) in [4.78, 5) is 37.3. The first-order chi connectivity index (χ1) is 30.0. The molecule has 0 radical (unpaired) electrons. The molecular formula is C46H54F5NO10Si. The Morgan fingerprint density at radius 3 is 1.57 bits per heavy atom. The molecule has 0 aliphatic heterocycles. The number of ether oxygens (including phenoxy) is 4. The zero-order valence-electron chi connectivity index (χ0n) is 36.2. The van der Waals surface area contributed by atoms with Crippen molar-refractivity contribution >= 4 is 26.8 Å². The van der Waals surface area contributed by atoms with Crippen LogP contribution in [0.5, 0.6) is 17.2 Å². The second-order valence-electron chi connectivity index (χ2n) is 14.5. The van der Waals surface area contributed by atoms with Crippen molar-refractivity contribution in [2.24, 2.45) is 0 Å². The summed E-state index contributed by atoms with van der Waals surface area (Å²) in [7, 11) is -1.55. The fourth-order valence-electron chi connectivity index (χ4n) is 7.30. The Balaban J connectivity index is 1.46. The summed E-state index contributed by atoms with van der Waals surface area (Å²) in [5, 5.41) is 2.76. The highest BCUT2D eigenvalue weighted by Gasteiger charge is 2.63.